The molecule has 2 heterocycles. The highest BCUT2D eigenvalue weighted by Crippen LogP contribution is 2.39. The van der Waals surface area contributed by atoms with E-state index in [0.717, 1.165) is 10.9 Å². The molecule has 8 nitrogen and oxygen atoms in total. The Morgan fingerprint density at radius 3 is 2.36 bits per heavy atom. The molecule has 180 valence electrons. The Kier molecular flexibility index (Phi) is 5.70. The highest BCUT2D eigenvalue weighted by Gasteiger charge is 2.37. The second-order valence-electron chi connectivity index (χ2n) is 8.60. The molecule has 1 unspecified atom stereocenters. The molecule has 5 aromatic rings. The predicted molar refractivity (Wildman–Crippen MR) is 138 cm³/mol. The summed E-state index contributed by atoms with van der Waals surface area (Å²) in [5.41, 5.74) is 1.59. The molecule has 0 amide bonds. The number of fused-ring (bicyclic) bond motifs is 1. The van der Waals surface area contributed by atoms with Crippen LogP contribution < -0.4 is 5.56 Å². The van der Waals surface area contributed by atoms with Gasteiger partial charge in [0.15, 0.2) is 5.60 Å². The lowest BCUT2D eigenvalue weighted by atomic mass is 9.82. The van der Waals surface area contributed by atoms with Gasteiger partial charge in [-0.1, -0.05) is 29.8 Å². The van der Waals surface area contributed by atoms with Crippen LogP contribution in [0.15, 0.2) is 90.1 Å². The molecule has 0 radical (unpaired) electrons. The molecule has 9 heteroatoms. The van der Waals surface area contributed by atoms with E-state index in [1.54, 1.807) is 66.1 Å². The predicted octanol–water partition coefficient (Wildman–Crippen LogP) is 4.78. The van der Waals surface area contributed by atoms with E-state index in [1.165, 1.54) is 24.3 Å². The summed E-state index contributed by atoms with van der Waals surface area (Å²) >= 11 is 6.24. The van der Waals surface area contributed by atoms with Crippen LogP contribution in [0.5, 0.6) is 0 Å². The molecule has 0 bridgehead atoms. The molecule has 3 aromatic carbocycles. The summed E-state index contributed by atoms with van der Waals surface area (Å²) in [5.74, 6) is 0. The molecule has 0 aliphatic heterocycles. The third-order valence-electron chi connectivity index (χ3n) is 6.48. The zero-order valence-electron chi connectivity index (χ0n) is 19.4. The minimum atomic E-state index is -1.69. The van der Waals surface area contributed by atoms with Crippen LogP contribution in [-0.4, -0.2) is 24.1 Å². The monoisotopic (exact) mass is 500 g/mol. The second-order valence-corrected chi connectivity index (χ2v) is 9.04. The molecule has 2 aromatic heterocycles. The molecule has 0 fully saturated rings. The number of non-ortho nitro benzene ring substituents is 1. The maximum Gasteiger partial charge on any atom is 0.269 e. The van der Waals surface area contributed by atoms with Gasteiger partial charge in [0.25, 0.3) is 11.2 Å². The number of rotatable bonds is 5. The maximum absolute atomic E-state index is 12.7. The van der Waals surface area contributed by atoms with Crippen molar-refractivity contribution < 1.29 is 10.0 Å². The van der Waals surface area contributed by atoms with Gasteiger partial charge in [-0.3, -0.25) is 14.9 Å². The number of benzene rings is 3. The van der Waals surface area contributed by atoms with Gasteiger partial charge in [-0.15, -0.1) is 0 Å². The number of nitrogens with zero attached hydrogens (tertiary/aromatic N) is 4. The van der Waals surface area contributed by atoms with E-state index in [2.05, 4.69) is 4.98 Å². The Labute approximate surface area is 210 Å². The summed E-state index contributed by atoms with van der Waals surface area (Å²) < 4.78 is 3.24. The van der Waals surface area contributed by atoms with Crippen LogP contribution in [0, 0.1) is 10.1 Å². The zero-order chi connectivity index (χ0) is 25.6. The van der Waals surface area contributed by atoms with Crippen molar-refractivity contribution in [3.63, 3.8) is 0 Å². The number of nitro benzene ring substituents is 1. The Morgan fingerprint density at radius 2 is 1.72 bits per heavy atom. The van der Waals surface area contributed by atoms with Crippen LogP contribution in [0.1, 0.15) is 16.8 Å². The first-order valence-corrected chi connectivity index (χ1v) is 11.4. The van der Waals surface area contributed by atoms with Crippen molar-refractivity contribution in [2.45, 2.75) is 5.60 Å². The fourth-order valence-corrected chi connectivity index (χ4v) is 4.76. The van der Waals surface area contributed by atoms with Gasteiger partial charge in [0, 0.05) is 42.7 Å². The summed E-state index contributed by atoms with van der Waals surface area (Å²) in [7, 11) is 3.45. The van der Waals surface area contributed by atoms with Crippen molar-refractivity contribution in [2.75, 3.05) is 0 Å². The van der Waals surface area contributed by atoms with Crippen LogP contribution in [0.2, 0.25) is 5.02 Å². The molecule has 0 spiro atoms. The summed E-state index contributed by atoms with van der Waals surface area (Å²) in [6.07, 6.45) is 3.14. The third kappa shape index (κ3) is 3.77. The van der Waals surface area contributed by atoms with Crippen molar-refractivity contribution in [1.82, 2.24) is 14.1 Å². The highest BCUT2D eigenvalue weighted by atomic mass is 35.5. The number of aryl methyl sites for hydroxylation is 2. The first kappa shape index (κ1) is 23.5. The van der Waals surface area contributed by atoms with E-state index >= 15 is 0 Å². The summed E-state index contributed by atoms with van der Waals surface area (Å²) in [5, 5.41) is 24.8. The van der Waals surface area contributed by atoms with Crippen LogP contribution in [0.4, 0.5) is 5.69 Å². The van der Waals surface area contributed by atoms with Gasteiger partial charge in [0.2, 0.25) is 0 Å². The lowest BCUT2D eigenvalue weighted by Crippen LogP contribution is -2.31. The fourth-order valence-electron chi connectivity index (χ4n) is 4.57. The SMILES string of the molecule is Cn1cncc1C(O)(c1ccc([N+](=O)[O-])cc1)c1ccc2c(c1)c(-c1cccc(Cl)c1)cc(=O)n2C. The molecule has 1 atom stereocenters. The van der Waals surface area contributed by atoms with E-state index < -0.39 is 10.5 Å². The molecule has 0 saturated heterocycles. The Bertz CT molecular complexity index is 1690. The van der Waals surface area contributed by atoms with Crippen molar-refractivity contribution in [3.8, 4) is 11.1 Å². The zero-order valence-corrected chi connectivity index (χ0v) is 20.2. The van der Waals surface area contributed by atoms with Gasteiger partial charge < -0.3 is 14.2 Å². The largest absolute Gasteiger partial charge is 0.374 e. The number of aromatic nitrogens is 3. The molecule has 36 heavy (non-hydrogen) atoms. The van der Waals surface area contributed by atoms with Crippen LogP contribution >= 0.6 is 11.6 Å². The third-order valence-corrected chi connectivity index (χ3v) is 6.72. The average molecular weight is 501 g/mol. The van der Waals surface area contributed by atoms with Gasteiger partial charge in [0.05, 0.1) is 28.7 Å². The van der Waals surface area contributed by atoms with Crippen molar-refractivity contribution in [2.24, 2.45) is 14.1 Å². The fraction of sp³-hybridized carbons (Fsp3) is 0.111. The Morgan fingerprint density at radius 1 is 1.00 bits per heavy atom. The smallest absolute Gasteiger partial charge is 0.269 e. The van der Waals surface area contributed by atoms with E-state index in [1.807, 2.05) is 18.2 Å². The van der Waals surface area contributed by atoms with E-state index in [9.17, 15) is 20.0 Å². The van der Waals surface area contributed by atoms with Gasteiger partial charge >= 0.3 is 0 Å². The van der Waals surface area contributed by atoms with Crippen molar-refractivity contribution in [3.05, 3.63) is 128 Å². The number of nitro groups is 1. The summed E-state index contributed by atoms with van der Waals surface area (Å²) in [6, 6.07) is 19.9. The molecule has 0 aliphatic rings. The van der Waals surface area contributed by atoms with Gasteiger partial charge in [-0.05, 0) is 58.7 Å². The first-order chi connectivity index (χ1) is 17.2. The molecule has 0 aliphatic carbocycles. The number of hydrogen-bond donors (Lipinski definition) is 1. The van der Waals surface area contributed by atoms with E-state index in [0.29, 0.717) is 32.9 Å². The summed E-state index contributed by atoms with van der Waals surface area (Å²) in [6.45, 7) is 0. The van der Waals surface area contributed by atoms with E-state index in [-0.39, 0.29) is 11.2 Å². The van der Waals surface area contributed by atoms with Crippen molar-refractivity contribution >= 4 is 28.2 Å². The van der Waals surface area contributed by atoms with Crippen molar-refractivity contribution in [1.29, 1.82) is 0 Å². The standard InChI is InChI=1S/C27H21ClN4O4/c1-30-16-29-15-25(30)27(34,18-6-9-21(10-7-18)32(35)36)19-8-11-24-23(13-19)22(14-26(33)31(24)2)17-4-3-5-20(28)12-17/h3-16,34H,1-2H3. The lowest BCUT2D eigenvalue weighted by molar-refractivity contribution is -0.384. The Hall–Kier alpha value is -4.27. The second kappa shape index (κ2) is 8.75. The van der Waals surface area contributed by atoms with Crippen LogP contribution in [0.25, 0.3) is 22.0 Å². The average Bonchev–Trinajstić information content (AvgIpc) is 3.31. The van der Waals surface area contributed by atoms with Crippen LogP contribution in [-0.2, 0) is 19.7 Å². The molecule has 0 saturated carbocycles. The molecule has 1 N–H and O–H groups in total. The molecular formula is C27H21ClN4O4. The number of aliphatic hydroxyl groups is 1. The minimum absolute atomic E-state index is 0.0807. The highest BCUT2D eigenvalue weighted by molar-refractivity contribution is 6.30. The topological polar surface area (TPSA) is 103 Å². The van der Waals surface area contributed by atoms with Gasteiger partial charge in [-0.25, -0.2) is 4.98 Å². The number of halogens is 1. The van der Waals surface area contributed by atoms with E-state index in [4.69, 9.17) is 11.6 Å². The number of hydrogen-bond acceptors (Lipinski definition) is 5. The number of pyridine rings is 1. The lowest BCUT2D eigenvalue weighted by Gasteiger charge is -2.30. The minimum Gasteiger partial charge on any atom is -0.374 e. The quantitative estimate of drug-likeness (QED) is 0.276. The Balaban J connectivity index is 1.82. The van der Waals surface area contributed by atoms with Crippen LogP contribution in [0.3, 0.4) is 0 Å². The molecule has 5 rings (SSSR count). The van der Waals surface area contributed by atoms with Gasteiger partial charge in [-0.2, -0.15) is 0 Å². The molecular weight excluding hydrogens is 480 g/mol. The number of imidazole rings is 1. The normalized spacial score (nSPS) is 13.0. The van der Waals surface area contributed by atoms with Gasteiger partial charge in [0.1, 0.15) is 0 Å². The first-order valence-electron chi connectivity index (χ1n) is 11.0. The summed E-state index contributed by atoms with van der Waals surface area (Å²) in [4.78, 5) is 27.7. The maximum atomic E-state index is 12.7.